The number of esters is 2. The average Bonchev–Trinajstić information content (AvgIpc) is 3.34. The zero-order valence-corrected chi connectivity index (χ0v) is 22.3. The molecule has 1 fully saturated rings. The van der Waals surface area contributed by atoms with Crippen LogP contribution in [0.15, 0.2) is 66.7 Å². The third-order valence-corrected chi connectivity index (χ3v) is 7.69. The van der Waals surface area contributed by atoms with Crippen LogP contribution in [-0.2, 0) is 30.3 Å². The van der Waals surface area contributed by atoms with Crippen LogP contribution in [0.5, 0.6) is 23.0 Å². The number of ether oxygens (including phenoxy) is 6. The quantitative estimate of drug-likeness (QED) is 0.454. The molecule has 3 aromatic rings. The van der Waals surface area contributed by atoms with Gasteiger partial charge in [-0.2, -0.15) is 0 Å². The van der Waals surface area contributed by atoms with Crippen LogP contribution >= 0.6 is 0 Å². The normalized spacial score (nSPS) is 26.6. The Morgan fingerprint density at radius 1 is 0.872 bits per heavy atom. The maximum Gasteiger partial charge on any atom is 0.313 e. The summed E-state index contributed by atoms with van der Waals surface area (Å²) in [5.74, 6) is -1.82. The highest BCUT2D eigenvalue weighted by molar-refractivity contribution is 5.79. The van der Waals surface area contributed by atoms with E-state index in [2.05, 4.69) is 0 Å². The minimum Gasteiger partial charge on any atom is -0.497 e. The smallest absolute Gasteiger partial charge is 0.313 e. The van der Waals surface area contributed by atoms with Crippen molar-refractivity contribution in [2.45, 2.75) is 30.1 Å². The van der Waals surface area contributed by atoms with Crippen molar-refractivity contribution in [3.05, 3.63) is 83.4 Å². The third kappa shape index (κ3) is 3.71. The Bertz CT molecular complexity index is 1390. The van der Waals surface area contributed by atoms with Crippen molar-refractivity contribution < 1.29 is 43.1 Å². The Morgan fingerprint density at radius 2 is 1.54 bits per heavy atom. The van der Waals surface area contributed by atoms with Crippen LogP contribution in [0.1, 0.15) is 29.5 Å². The first kappa shape index (κ1) is 26.4. The Kier molecular flexibility index (Phi) is 6.64. The fraction of sp³-hybridized carbons (Fsp3) is 0.333. The molecule has 0 amide bonds. The molecular formula is C30H30O9. The number of hydrogen-bond acceptors (Lipinski definition) is 9. The van der Waals surface area contributed by atoms with E-state index in [1.54, 1.807) is 43.5 Å². The molecule has 3 aromatic carbocycles. The monoisotopic (exact) mass is 534 g/mol. The van der Waals surface area contributed by atoms with E-state index in [0.29, 0.717) is 22.6 Å². The number of fused-ring (bicyclic) bond motifs is 3. The predicted octanol–water partition coefficient (Wildman–Crippen LogP) is 3.71. The van der Waals surface area contributed by atoms with Crippen molar-refractivity contribution in [3.63, 3.8) is 0 Å². The topological polar surface area (TPSA) is 110 Å². The van der Waals surface area contributed by atoms with Gasteiger partial charge in [-0.3, -0.25) is 9.59 Å². The van der Waals surface area contributed by atoms with Crippen LogP contribution in [0.4, 0.5) is 0 Å². The first-order valence-corrected chi connectivity index (χ1v) is 12.4. The van der Waals surface area contributed by atoms with Gasteiger partial charge in [0, 0.05) is 25.0 Å². The second-order valence-corrected chi connectivity index (χ2v) is 9.50. The summed E-state index contributed by atoms with van der Waals surface area (Å²) in [6.45, 7) is 1.23. The van der Waals surface area contributed by atoms with Gasteiger partial charge in [0.2, 0.25) is 0 Å². The van der Waals surface area contributed by atoms with Crippen LogP contribution in [0.25, 0.3) is 0 Å². The molecule has 1 aliphatic heterocycles. The van der Waals surface area contributed by atoms with E-state index in [9.17, 15) is 14.7 Å². The SMILES string of the molecule is COC(=O)[C@H]1[C@@H](c2ccccc2)[C@]2(c3ccc(OC)cc3)Oc3cc(OC)cc(OC)c3[C@]2(O)[C@H]1OC(C)=O. The van der Waals surface area contributed by atoms with Crippen LogP contribution < -0.4 is 18.9 Å². The molecule has 9 heteroatoms. The van der Waals surface area contributed by atoms with E-state index < -0.39 is 41.1 Å². The Morgan fingerprint density at radius 3 is 2.10 bits per heavy atom. The molecule has 0 unspecified atom stereocenters. The molecule has 1 saturated carbocycles. The average molecular weight is 535 g/mol. The summed E-state index contributed by atoms with van der Waals surface area (Å²) in [5.41, 5.74) is -2.32. The van der Waals surface area contributed by atoms with Crippen LogP contribution in [-0.4, -0.2) is 51.6 Å². The number of carbonyl (C=O) groups is 2. The molecular weight excluding hydrogens is 504 g/mol. The van der Waals surface area contributed by atoms with Crippen molar-refractivity contribution in [3.8, 4) is 23.0 Å². The molecule has 0 radical (unpaired) electrons. The third-order valence-electron chi connectivity index (χ3n) is 7.69. The van der Waals surface area contributed by atoms with Crippen molar-refractivity contribution in [1.82, 2.24) is 0 Å². The molecule has 1 heterocycles. The fourth-order valence-electron chi connectivity index (χ4n) is 6.21. The summed E-state index contributed by atoms with van der Waals surface area (Å²) in [5, 5.41) is 13.1. The van der Waals surface area contributed by atoms with Crippen molar-refractivity contribution in [2.75, 3.05) is 28.4 Å². The highest BCUT2D eigenvalue weighted by Gasteiger charge is 2.79. The molecule has 0 bridgehead atoms. The molecule has 1 N–H and O–H groups in total. The molecule has 0 saturated heterocycles. The lowest BCUT2D eigenvalue weighted by atomic mass is 9.70. The van der Waals surface area contributed by atoms with Gasteiger partial charge >= 0.3 is 11.9 Å². The zero-order valence-electron chi connectivity index (χ0n) is 22.3. The van der Waals surface area contributed by atoms with Crippen LogP contribution in [0.3, 0.4) is 0 Å². The summed E-state index contributed by atoms with van der Waals surface area (Å²) in [7, 11) is 5.77. The molecule has 0 aromatic heterocycles. The van der Waals surface area contributed by atoms with E-state index >= 15 is 0 Å². The summed E-state index contributed by atoms with van der Waals surface area (Å²) < 4.78 is 34.4. The first-order chi connectivity index (χ1) is 18.8. The molecule has 0 spiro atoms. The Balaban J connectivity index is 1.92. The number of aliphatic hydroxyl groups is 1. The molecule has 39 heavy (non-hydrogen) atoms. The Labute approximate surface area is 226 Å². The van der Waals surface area contributed by atoms with Gasteiger partial charge in [0.1, 0.15) is 28.9 Å². The van der Waals surface area contributed by atoms with Gasteiger partial charge < -0.3 is 33.5 Å². The highest BCUT2D eigenvalue weighted by Crippen LogP contribution is 2.71. The lowest BCUT2D eigenvalue weighted by molar-refractivity contribution is -0.185. The van der Waals surface area contributed by atoms with Gasteiger partial charge in [-0.05, 0) is 23.3 Å². The predicted molar refractivity (Wildman–Crippen MR) is 139 cm³/mol. The largest absolute Gasteiger partial charge is 0.497 e. The highest BCUT2D eigenvalue weighted by atomic mass is 16.6. The van der Waals surface area contributed by atoms with Gasteiger partial charge in [0.05, 0.1) is 34.0 Å². The van der Waals surface area contributed by atoms with Crippen LogP contribution in [0, 0.1) is 5.92 Å². The Hall–Kier alpha value is -4.24. The van der Waals surface area contributed by atoms with Crippen molar-refractivity contribution in [1.29, 1.82) is 0 Å². The molecule has 5 atom stereocenters. The van der Waals surface area contributed by atoms with E-state index in [-0.39, 0.29) is 17.1 Å². The van der Waals surface area contributed by atoms with E-state index in [1.165, 1.54) is 28.3 Å². The molecule has 9 nitrogen and oxygen atoms in total. The van der Waals surface area contributed by atoms with E-state index in [4.69, 9.17) is 28.4 Å². The molecule has 204 valence electrons. The van der Waals surface area contributed by atoms with Crippen molar-refractivity contribution >= 4 is 11.9 Å². The summed E-state index contributed by atoms with van der Waals surface area (Å²) in [4.78, 5) is 26.1. The number of rotatable bonds is 7. The molecule has 1 aliphatic carbocycles. The number of carbonyl (C=O) groups excluding carboxylic acids is 2. The van der Waals surface area contributed by atoms with Gasteiger partial charge in [-0.25, -0.2) is 0 Å². The minimum atomic E-state index is -2.10. The summed E-state index contributed by atoms with van der Waals surface area (Å²) in [6.07, 6.45) is -1.40. The number of methoxy groups -OCH3 is 4. The molecule has 2 aliphatic rings. The lowest BCUT2D eigenvalue weighted by Gasteiger charge is -2.41. The van der Waals surface area contributed by atoms with E-state index in [0.717, 1.165) is 0 Å². The van der Waals surface area contributed by atoms with Gasteiger partial charge in [0.15, 0.2) is 17.3 Å². The first-order valence-electron chi connectivity index (χ1n) is 12.4. The fourth-order valence-corrected chi connectivity index (χ4v) is 6.21. The summed E-state index contributed by atoms with van der Waals surface area (Å²) in [6, 6.07) is 19.4. The molecule has 5 rings (SSSR count). The zero-order chi connectivity index (χ0) is 27.9. The minimum absolute atomic E-state index is 0.236. The maximum absolute atomic E-state index is 13.6. The standard InChI is InChI=1S/C30H30O9/c1-17(31)38-27-24(28(32)37-5)25(18-9-7-6-8-10-18)30(19-11-13-20(34-2)14-12-19)29(27,33)26-22(36-4)15-21(35-3)16-23(26)39-30/h6-16,24-25,27,33H,1-5H3/t24-,25+,27-,29-,30-/m0/s1. The van der Waals surface area contributed by atoms with E-state index in [1.807, 2.05) is 30.3 Å². The second-order valence-electron chi connectivity index (χ2n) is 9.50. The van der Waals surface area contributed by atoms with Gasteiger partial charge in [0.25, 0.3) is 0 Å². The number of benzene rings is 3. The van der Waals surface area contributed by atoms with Gasteiger partial charge in [-0.1, -0.05) is 42.5 Å². The summed E-state index contributed by atoms with van der Waals surface area (Å²) >= 11 is 0. The number of hydrogen-bond donors (Lipinski definition) is 1. The lowest BCUT2D eigenvalue weighted by Crippen LogP contribution is -2.53. The van der Waals surface area contributed by atoms with Crippen LogP contribution in [0.2, 0.25) is 0 Å². The maximum atomic E-state index is 13.6. The second kappa shape index (κ2) is 9.81. The van der Waals surface area contributed by atoms with Gasteiger partial charge in [-0.15, -0.1) is 0 Å². The van der Waals surface area contributed by atoms with Crippen molar-refractivity contribution in [2.24, 2.45) is 5.92 Å².